The van der Waals surface area contributed by atoms with Gasteiger partial charge in [0.1, 0.15) is 6.04 Å². The van der Waals surface area contributed by atoms with Crippen molar-refractivity contribution in [1.29, 1.82) is 0 Å². The van der Waals surface area contributed by atoms with E-state index in [2.05, 4.69) is 16.0 Å². The van der Waals surface area contributed by atoms with Crippen LogP contribution >= 0.6 is 0 Å². The van der Waals surface area contributed by atoms with Crippen molar-refractivity contribution < 1.29 is 9.59 Å². The molecule has 1 fully saturated rings. The highest BCUT2D eigenvalue weighted by atomic mass is 16.2. The molecule has 0 spiro atoms. The molecule has 28 heavy (non-hydrogen) atoms. The van der Waals surface area contributed by atoms with Crippen molar-refractivity contribution in [2.24, 2.45) is 0 Å². The minimum atomic E-state index is -0.390. The normalized spacial score (nSPS) is 20.0. The zero-order valence-corrected chi connectivity index (χ0v) is 16.3. The first-order chi connectivity index (χ1) is 13.6. The molecular weight excluding hydrogens is 352 g/mol. The van der Waals surface area contributed by atoms with Crippen molar-refractivity contribution in [3.8, 4) is 0 Å². The van der Waals surface area contributed by atoms with Crippen molar-refractivity contribution in [1.82, 2.24) is 19.7 Å². The van der Waals surface area contributed by atoms with Crippen LogP contribution in [0.25, 0.3) is 0 Å². The Hall–Kier alpha value is -2.73. The van der Waals surface area contributed by atoms with E-state index in [1.165, 1.54) is 11.1 Å². The van der Waals surface area contributed by atoms with E-state index in [1.807, 2.05) is 47.6 Å². The largest absolute Gasteiger partial charge is 0.338 e. The Labute approximate surface area is 165 Å². The van der Waals surface area contributed by atoms with Crippen LogP contribution in [0.1, 0.15) is 23.6 Å². The van der Waals surface area contributed by atoms with E-state index in [0.717, 1.165) is 25.2 Å². The molecule has 1 atom stereocenters. The average molecular weight is 378 g/mol. The summed E-state index contributed by atoms with van der Waals surface area (Å²) in [7, 11) is 0. The summed E-state index contributed by atoms with van der Waals surface area (Å²) in [5.41, 5.74) is 3.56. The number of pyridine rings is 1. The minimum Gasteiger partial charge on any atom is -0.338 e. The Morgan fingerprint density at radius 1 is 1.00 bits per heavy atom. The van der Waals surface area contributed by atoms with Crippen LogP contribution in [-0.2, 0) is 29.1 Å². The number of amides is 2. The quantitative estimate of drug-likeness (QED) is 0.816. The Kier molecular flexibility index (Phi) is 5.39. The van der Waals surface area contributed by atoms with Gasteiger partial charge < -0.3 is 9.80 Å². The van der Waals surface area contributed by atoms with Crippen molar-refractivity contribution in [2.75, 3.05) is 26.2 Å². The van der Waals surface area contributed by atoms with E-state index in [4.69, 9.17) is 0 Å². The molecule has 1 saturated heterocycles. The van der Waals surface area contributed by atoms with Gasteiger partial charge in [-0.25, -0.2) is 0 Å². The molecule has 0 aliphatic carbocycles. The zero-order valence-electron chi connectivity index (χ0n) is 16.3. The van der Waals surface area contributed by atoms with E-state index < -0.39 is 0 Å². The molecule has 2 amide bonds. The number of hydrogen-bond donors (Lipinski definition) is 0. The van der Waals surface area contributed by atoms with Gasteiger partial charge in [0.2, 0.25) is 11.8 Å². The maximum atomic E-state index is 13.2. The number of rotatable bonds is 3. The molecule has 6 nitrogen and oxygen atoms in total. The number of carbonyl (C=O) groups excluding carboxylic acids is 2. The molecule has 0 unspecified atom stereocenters. The van der Waals surface area contributed by atoms with E-state index in [0.29, 0.717) is 26.1 Å². The minimum absolute atomic E-state index is 0.0378. The van der Waals surface area contributed by atoms with Gasteiger partial charge in [-0.05, 0) is 28.8 Å². The Balaban J connectivity index is 1.41. The second-order valence-corrected chi connectivity index (χ2v) is 7.59. The fraction of sp³-hybridized carbons (Fsp3) is 0.409. The van der Waals surface area contributed by atoms with Crippen molar-refractivity contribution >= 4 is 11.8 Å². The standard InChI is InChI=1S/C22H26N4O2/c1-17(27)26-16-20-5-3-2-4-19(20)14-21(26)22(28)25-12-10-24(11-13-25)15-18-6-8-23-9-7-18/h2-9,21H,10-16H2,1H3/t21-/m1/s1. The van der Waals surface area contributed by atoms with E-state index in [-0.39, 0.29) is 17.9 Å². The number of nitrogens with zero attached hydrogens (tertiary/aromatic N) is 4. The first-order valence-corrected chi connectivity index (χ1v) is 9.86. The molecule has 6 heteroatoms. The van der Waals surface area contributed by atoms with Crippen LogP contribution in [0.15, 0.2) is 48.8 Å². The van der Waals surface area contributed by atoms with Crippen molar-refractivity contribution in [3.05, 3.63) is 65.5 Å². The van der Waals surface area contributed by atoms with Gasteiger partial charge in [0.05, 0.1) is 0 Å². The Bertz CT molecular complexity index is 847. The Morgan fingerprint density at radius 3 is 2.36 bits per heavy atom. The van der Waals surface area contributed by atoms with Gasteiger partial charge in [0.15, 0.2) is 0 Å². The molecule has 1 aromatic carbocycles. The first-order valence-electron chi connectivity index (χ1n) is 9.86. The second kappa shape index (κ2) is 8.10. The average Bonchev–Trinajstić information content (AvgIpc) is 2.73. The predicted molar refractivity (Wildman–Crippen MR) is 106 cm³/mol. The monoisotopic (exact) mass is 378 g/mol. The van der Waals surface area contributed by atoms with Crippen LogP contribution in [0.3, 0.4) is 0 Å². The van der Waals surface area contributed by atoms with Crippen molar-refractivity contribution in [2.45, 2.75) is 32.5 Å². The third-order valence-corrected chi connectivity index (χ3v) is 5.78. The lowest BCUT2D eigenvalue weighted by atomic mass is 9.93. The summed E-state index contributed by atoms with van der Waals surface area (Å²) in [6.45, 7) is 6.04. The van der Waals surface area contributed by atoms with Crippen LogP contribution in [0, 0.1) is 0 Å². The van der Waals surface area contributed by atoms with Gasteiger partial charge in [-0.1, -0.05) is 24.3 Å². The van der Waals surface area contributed by atoms with Gasteiger partial charge >= 0.3 is 0 Å². The van der Waals surface area contributed by atoms with E-state index in [1.54, 1.807) is 11.8 Å². The number of piperazine rings is 1. The van der Waals surface area contributed by atoms with Gasteiger partial charge in [0.25, 0.3) is 0 Å². The highest BCUT2D eigenvalue weighted by molar-refractivity contribution is 5.88. The summed E-state index contributed by atoms with van der Waals surface area (Å²) in [5, 5.41) is 0. The van der Waals surface area contributed by atoms with Gasteiger partial charge in [-0.15, -0.1) is 0 Å². The molecule has 2 aromatic rings. The maximum Gasteiger partial charge on any atom is 0.245 e. The predicted octanol–water partition coefficient (Wildman–Crippen LogP) is 1.70. The lowest BCUT2D eigenvalue weighted by molar-refractivity contribution is -0.147. The van der Waals surface area contributed by atoms with Crippen LogP contribution < -0.4 is 0 Å². The lowest BCUT2D eigenvalue weighted by Crippen LogP contribution is -2.57. The molecule has 1 aromatic heterocycles. The van der Waals surface area contributed by atoms with Crippen LogP contribution in [0.4, 0.5) is 0 Å². The summed E-state index contributed by atoms with van der Waals surface area (Å²) in [6.07, 6.45) is 4.23. The van der Waals surface area contributed by atoms with Crippen LogP contribution in [-0.4, -0.2) is 63.7 Å². The highest BCUT2D eigenvalue weighted by Gasteiger charge is 2.36. The molecule has 0 radical (unpaired) electrons. The summed E-state index contributed by atoms with van der Waals surface area (Å²) < 4.78 is 0. The highest BCUT2D eigenvalue weighted by Crippen LogP contribution is 2.25. The van der Waals surface area contributed by atoms with Crippen LogP contribution in [0.2, 0.25) is 0 Å². The second-order valence-electron chi connectivity index (χ2n) is 7.59. The first kappa shape index (κ1) is 18.6. The number of fused-ring (bicyclic) bond motifs is 1. The zero-order chi connectivity index (χ0) is 19.5. The summed E-state index contributed by atoms with van der Waals surface area (Å²) in [4.78, 5) is 35.5. The number of carbonyl (C=O) groups is 2. The fourth-order valence-electron chi connectivity index (χ4n) is 4.16. The van der Waals surface area contributed by atoms with Crippen molar-refractivity contribution in [3.63, 3.8) is 0 Å². The topological polar surface area (TPSA) is 56.8 Å². The maximum absolute atomic E-state index is 13.2. The third-order valence-electron chi connectivity index (χ3n) is 5.78. The molecule has 4 rings (SSSR count). The lowest BCUT2D eigenvalue weighted by Gasteiger charge is -2.41. The van der Waals surface area contributed by atoms with E-state index >= 15 is 0 Å². The molecule has 146 valence electrons. The summed E-state index contributed by atoms with van der Waals surface area (Å²) in [5.74, 6) is 0.0393. The number of aromatic nitrogens is 1. The number of benzene rings is 1. The van der Waals surface area contributed by atoms with E-state index in [9.17, 15) is 9.59 Å². The summed E-state index contributed by atoms with van der Waals surface area (Å²) >= 11 is 0. The third kappa shape index (κ3) is 3.92. The Morgan fingerprint density at radius 2 is 1.68 bits per heavy atom. The number of hydrogen-bond acceptors (Lipinski definition) is 4. The van der Waals surface area contributed by atoms with Gasteiger partial charge in [-0.2, -0.15) is 0 Å². The van der Waals surface area contributed by atoms with Gasteiger partial charge in [0, 0.05) is 65.0 Å². The summed E-state index contributed by atoms with van der Waals surface area (Å²) in [6, 6.07) is 11.8. The van der Waals surface area contributed by atoms with Gasteiger partial charge in [-0.3, -0.25) is 19.5 Å². The smallest absolute Gasteiger partial charge is 0.245 e. The molecule has 0 N–H and O–H groups in total. The molecule has 0 bridgehead atoms. The molecule has 2 aliphatic heterocycles. The molecule has 0 saturated carbocycles. The molecular formula is C22H26N4O2. The molecule has 2 aliphatic rings. The fourth-order valence-corrected chi connectivity index (χ4v) is 4.16. The molecule has 3 heterocycles. The van der Waals surface area contributed by atoms with Crippen LogP contribution in [0.5, 0.6) is 0 Å². The SMILES string of the molecule is CC(=O)N1Cc2ccccc2C[C@@H]1C(=O)N1CCN(Cc2ccncc2)CC1.